The van der Waals surface area contributed by atoms with Gasteiger partial charge in [-0.15, -0.1) is 0 Å². The maximum absolute atomic E-state index is 13.7. The predicted molar refractivity (Wildman–Crippen MR) is 88.7 cm³/mol. The summed E-state index contributed by atoms with van der Waals surface area (Å²) in [6.07, 6.45) is 5.11. The fraction of sp³-hybridized carbons (Fsp3) is 0.444. The van der Waals surface area contributed by atoms with Crippen molar-refractivity contribution in [1.29, 1.82) is 0 Å². The van der Waals surface area contributed by atoms with Crippen LogP contribution in [0.25, 0.3) is 0 Å². The fourth-order valence-corrected chi connectivity index (χ4v) is 2.72. The van der Waals surface area contributed by atoms with Crippen LogP contribution in [0, 0.1) is 18.7 Å². The first-order chi connectivity index (χ1) is 11.6. The molecule has 0 spiro atoms. The zero-order valence-corrected chi connectivity index (χ0v) is 14.0. The zero-order chi connectivity index (χ0) is 17.1. The van der Waals surface area contributed by atoms with Crippen LogP contribution in [-0.2, 0) is 13.0 Å². The van der Waals surface area contributed by atoms with Gasteiger partial charge in [-0.25, -0.2) is 9.37 Å². The molecule has 0 radical (unpaired) electrons. The predicted octanol–water partition coefficient (Wildman–Crippen LogP) is 2.72. The number of amides is 1. The molecule has 128 valence electrons. The summed E-state index contributed by atoms with van der Waals surface area (Å²) >= 11 is 0. The van der Waals surface area contributed by atoms with Gasteiger partial charge in [-0.05, 0) is 43.9 Å². The topological polar surface area (TPSA) is 56.1 Å². The Morgan fingerprint density at radius 1 is 1.46 bits per heavy atom. The first-order valence-corrected chi connectivity index (χ1v) is 8.21. The molecular weight excluding hydrogens is 309 g/mol. The first kappa shape index (κ1) is 16.5. The summed E-state index contributed by atoms with van der Waals surface area (Å²) in [6.45, 7) is 3.53. The van der Waals surface area contributed by atoms with Crippen LogP contribution in [-0.4, -0.2) is 29.1 Å². The number of nitrogens with one attached hydrogen (secondary N) is 1. The molecule has 0 atom stereocenters. The van der Waals surface area contributed by atoms with Crippen LogP contribution >= 0.6 is 0 Å². The molecule has 0 bridgehead atoms. The summed E-state index contributed by atoms with van der Waals surface area (Å²) in [4.78, 5) is 16.6. The number of hydrogen-bond donors (Lipinski definition) is 1. The normalized spacial score (nSPS) is 13.8. The molecule has 0 aliphatic heterocycles. The second kappa shape index (κ2) is 7.03. The summed E-state index contributed by atoms with van der Waals surface area (Å²) < 4.78 is 20.7. The summed E-state index contributed by atoms with van der Waals surface area (Å²) in [6, 6.07) is 4.19. The summed E-state index contributed by atoms with van der Waals surface area (Å²) in [5, 5.41) is 2.82. The number of rotatable bonds is 7. The number of methoxy groups -OCH3 is 1. The van der Waals surface area contributed by atoms with Gasteiger partial charge in [-0.2, -0.15) is 0 Å². The van der Waals surface area contributed by atoms with Gasteiger partial charge >= 0.3 is 0 Å². The summed E-state index contributed by atoms with van der Waals surface area (Å²) in [5.41, 5.74) is 1.44. The van der Waals surface area contributed by atoms with Crippen molar-refractivity contribution in [3.05, 3.63) is 47.3 Å². The van der Waals surface area contributed by atoms with E-state index in [1.54, 1.807) is 6.07 Å². The van der Waals surface area contributed by atoms with E-state index >= 15 is 0 Å². The van der Waals surface area contributed by atoms with Gasteiger partial charge in [0, 0.05) is 37.0 Å². The van der Waals surface area contributed by atoms with E-state index in [1.165, 1.54) is 32.1 Å². The van der Waals surface area contributed by atoms with Gasteiger partial charge in [0.15, 0.2) is 11.6 Å². The Hall–Kier alpha value is -2.37. The third-order valence-corrected chi connectivity index (χ3v) is 4.32. The van der Waals surface area contributed by atoms with Gasteiger partial charge in [-0.3, -0.25) is 4.79 Å². The molecule has 6 heteroatoms. The molecule has 3 rings (SSSR count). The zero-order valence-electron chi connectivity index (χ0n) is 14.0. The van der Waals surface area contributed by atoms with Crippen molar-refractivity contribution in [1.82, 2.24) is 14.9 Å². The van der Waals surface area contributed by atoms with E-state index in [0.717, 1.165) is 24.0 Å². The van der Waals surface area contributed by atoms with Gasteiger partial charge in [-0.1, -0.05) is 0 Å². The van der Waals surface area contributed by atoms with Crippen molar-refractivity contribution >= 4 is 5.91 Å². The Morgan fingerprint density at radius 2 is 2.25 bits per heavy atom. The van der Waals surface area contributed by atoms with Crippen LogP contribution in [0.1, 0.15) is 34.7 Å². The summed E-state index contributed by atoms with van der Waals surface area (Å²) in [7, 11) is 1.39. The molecule has 1 aromatic carbocycles. The largest absolute Gasteiger partial charge is 0.494 e. The highest BCUT2D eigenvalue weighted by Gasteiger charge is 2.23. The lowest BCUT2D eigenvalue weighted by atomic mass is 10.2. The highest BCUT2D eigenvalue weighted by Crippen LogP contribution is 2.31. The highest BCUT2D eigenvalue weighted by molar-refractivity contribution is 5.94. The molecule has 24 heavy (non-hydrogen) atoms. The van der Waals surface area contributed by atoms with Gasteiger partial charge in [0.1, 0.15) is 5.82 Å². The maximum Gasteiger partial charge on any atom is 0.251 e. The molecule has 5 nitrogen and oxygen atoms in total. The van der Waals surface area contributed by atoms with Crippen molar-refractivity contribution in [2.24, 2.45) is 5.92 Å². The van der Waals surface area contributed by atoms with Crippen LogP contribution in [0.2, 0.25) is 0 Å². The molecule has 1 fully saturated rings. The first-order valence-electron chi connectivity index (χ1n) is 8.21. The smallest absolute Gasteiger partial charge is 0.251 e. The second-order valence-electron chi connectivity index (χ2n) is 6.23. The van der Waals surface area contributed by atoms with Gasteiger partial charge in [0.25, 0.3) is 5.91 Å². The number of aryl methyl sites for hydroxylation is 1. The molecule has 1 saturated carbocycles. The van der Waals surface area contributed by atoms with E-state index in [4.69, 9.17) is 4.74 Å². The number of aromatic nitrogens is 2. The average molecular weight is 331 g/mol. The summed E-state index contributed by atoms with van der Waals surface area (Å²) in [5.74, 6) is 1.05. The maximum atomic E-state index is 13.7. The van der Waals surface area contributed by atoms with Crippen LogP contribution in [0.4, 0.5) is 4.39 Å². The number of hydrogen-bond acceptors (Lipinski definition) is 3. The minimum Gasteiger partial charge on any atom is -0.494 e. The number of carbonyl (C=O) groups excluding carboxylic acids is 1. The standard InChI is InChI=1S/C18H22FN3O2/c1-12-10-21-17(22(12)11-13-3-4-13)7-8-20-18(23)14-5-6-16(24-2)15(19)9-14/h5-6,9-10,13H,3-4,7-8,11H2,1-2H3,(H,20,23). The van der Waals surface area contributed by atoms with E-state index in [0.29, 0.717) is 13.0 Å². The number of nitrogens with zero attached hydrogens (tertiary/aromatic N) is 2. The van der Waals surface area contributed by atoms with E-state index in [-0.39, 0.29) is 17.2 Å². The van der Waals surface area contributed by atoms with Crippen molar-refractivity contribution in [3.8, 4) is 5.75 Å². The molecular formula is C18H22FN3O2. The molecule has 1 amide bonds. The van der Waals surface area contributed by atoms with Crippen LogP contribution in [0.3, 0.4) is 0 Å². The number of halogens is 1. The molecule has 0 saturated heterocycles. The Kier molecular flexibility index (Phi) is 4.83. The van der Waals surface area contributed by atoms with Crippen LogP contribution in [0.5, 0.6) is 5.75 Å². The third-order valence-electron chi connectivity index (χ3n) is 4.32. The molecule has 2 aromatic rings. The van der Waals surface area contributed by atoms with Crippen molar-refractivity contribution < 1.29 is 13.9 Å². The minimum atomic E-state index is -0.541. The number of imidazole rings is 1. The third kappa shape index (κ3) is 3.75. The second-order valence-corrected chi connectivity index (χ2v) is 6.23. The van der Waals surface area contributed by atoms with Gasteiger partial charge in [0.2, 0.25) is 0 Å². The van der Waals surface area contributed by atoms with E-state index in [2.05, 4.69) is 21.8 Å². The lowest BCUT2D eigenvalue weighted by molar-refractivity contribution is 0.0953. The van der Waals surface area contributed by atoms with Crippen LogP contribution < -0.4 is 10.1 Å². The van der Waals surface area contributed by atoms with Gasteiger partial charge < -0.3 is 14.6 Å². The van der Waals surface area contributed by atoms with E-state index < -0.39 is 5.82 Å². The van der Waals surface area contributed by atoms with Gasteiger partial charge in [0.05, 0.1) is 7.11 Å². The molecule has 1 aliphatic rings. The number of benzene rings is 1. The highest BCUT2D eigenvalue weighted by atomic mass is 19.1. The minimum absolute atomic E-state index is 0.129. The van der Waals surface area contributed by atoms with E-state index in [1.807, 2.05) is 6.20 Å². The Bertz CT molecular complexity index is 738. The Morgan fingerprint density at radius 3 is 2.92 bits per heavy atom. The number of ether oxygens (including phenoxy) is 1. The van der Waals surface area contributed by atoms with Crippen LogP contribution in [0.15, 0.2) is 24.4 Å². The average Bonchev–Trinajstić information content (AvgIpc) is 3.33. The lowest BCUT2D eigenvalue weighted by Crippen LogP contribution is -2.26. The molecule has 0 unspecified atom stereocenters. The SMILES string of the molecule is COc1ccc(C(=O)NCCc2ncc(C)n2CC2CC2)cc1F. The molecule has 1 N–H and O–H groups in total. The molecule has 1 aliphatic carbocycles. The number of carbonyl (C=O) groups is 1. The van der Waals surface area contributed by atoms with E-state index in [9.17, 15) is 9.18 Å². The van der Waals surface area contributed by atoms with Crippen molar-refractivity contribution in [3.63, 3.8) is 0 Å². The Labute approximate surface area is 140 Å². The monoisotopic (exact) mass is 331 g/mol. The molecule has 1 aromatic heterocycles. The Balaban J connectivity index is 1.56. The van der Waals surface area contributed by atoms with Crippen molar-refractivity contribution in [2.45, 2.75) is 32.7 Å². The lowest BCUT2D eigenvalue weighted by Gasteiger charge is -2.10. The fourth-order valence-electron chi connectivity index (χ4n) is 2.72. The van der Waals surface area contributed by atoms with Crippen molar-refractivity contribution in [2.75, 3.05) is 13.7 Å². The molecule has 1 heterocycles. The quantitative estimate of drug-likeness (QED) is 0.849.